The van der Waals surface area contributed by atoms with E-state index in [2.05, 4.69) is 6.58 Å². The van der Waals surface area contributed by atoms with Gasteiger partial charge in [-0.2, -0.15) is 17.5 Å². The predicted molar refractivity (Wildman–Crippen MR) is 40.3 cm³/mol. The maximum Gasteiger partial charge on any atom is 0.511 e. The fourth-order valence-corrected chi connectivity index (χ4v) is 2.21. The largest absolute Gasteiger partial charge is 0.511 e. The first-order valence-corrected chi connectivity index (χ1v) is 4.95. The molecule has 1 rings (SSSR count). The van der Waals surface area contributed by atoms with Crippen LogP contribution in [-0.2, 0) is 10.0 Å². The third kappa shape index (κ3) is 1.58. The van der Waals surface area contributed by atoms with Crippen LogP contribution < -0.4 is 0 Å². The van der Waals surface area contributed by atoms with Crippen molar-refractivity contribution in [3.05, 3.63) is 12.7 Å². The van der Waals surface area contributed by atoms with Crippen LogP contribution in [0.25, 0.3) is 0 Å². The molecule has 0 bridgehead atoms. The number of alkyl halides is 3. The Labute approximate surface area is 73.9 Å². The summed E-state index contributed by atoms with van der Waals surface area (Å²) in [4.78, 5) is 0. The Morgan fingerprint density at radius 3 is 2.23 bits per heavy atom. The molecule has 0 aromatic heterocycles. The molecule has 0 spiro atoms. The molecule has 76 valence electrons. The first kappa shape index (κ1) is 10.5. The highest BCUT2D eigenvalue weighted by molar-refractivity contribution is 7.90. The minimum atomic E-state index is -5.20. The van der Waals surface area contributed by atoms with Crippen LogP contribution in [0.1, 0.15) is 6.42 Å². The van der Waals surface area contributed by atoms with E-state index in [9.17, 15) is 21.6 Å². The quantitative estimate of drug-likeness (QED) is 0.647. The monoisotopic (exact) mass is 215 g/mol. The van der Waals surface area contributed by atoms with Crippen LogP contribution in [0.4, 0.5) is 13.2 Å². The fraction of sp³-hybridized carbons (Fsp3) is 0.667. The lowest BCUT2D eigenvalue weighted by Gasteiger charge is -2.37. The van der Waals surface area contributed by atoms with Crippen molar-refractivity contribution in [2.75, 3.05) is 6.54 Å². The maximum absolute atomic E-state index is 12.0. The third-order valence-electron chi connectivity index (χ3n) is 1.89. The van der Waals surface area contributed by atoms with E-state index in [1.54, 1.807) is 0 Å². The van der Waals surface area contributed by atoms with Crippen LogP contribution in [0.15, 0.2) is 12.7 Å². The van der Waals surface area contributed by atoms with Gasteiger partial charge in [-0.15, -0.1) is 6.58 Å². The first-order chi connectivity index (χ1) is 5.80. The molecular formula is C6H8F3NO2S. The summed E-state index contributed by atoms with van der Waals surface area (Å²) in [5.74, 6) is 0. The van der Waals surface area contributed by atoms with Crippen molar-refractivity contribution in [2.24, 2.45) is 0 Å². The van der Waals surface area contributed by atoms with Crippen molar-refractivity contribution in [1.29, 1.82) is 0 Å². The molecule has 1 aliphatic heterocycles. The zero-order valence-electron chi connectivity index (χ0n) is 6.58. The maximum atomic E-state index is 12.0. The fourth-order valence-electron chi connectivity index (χ4n) is 1.05. The Balaban J connectivity index is 2.89. The van der Waals surface area contributed by atoms with Gasteiger partial charge in [-0.3, -0.25) is 0 Å². The van der Waals surface area contributed by atoms with E-state index in [0.29, 0.717) is 10.7 Å². The number of rotatable bonds is 2. The van der Waals surface area contributed by atoms with Gasteiger partial charge in [0.1, 0.15) is 0 Å². The molecular weight excluding hydrogens is 207 g/mol. The second-order valence-electron chi connectivity index (χ2n) is 2.65. The number of hydrogen-bond acceptors (Lipinski definition) is 2. The van der Waals surface area contributed by atoms with E-state index in [0.717, 1.165) is 0 Å². The number of sulfonamides is 1. The van der Waals surface area contributed by atoms with Crippen molar-refractivity contribution in [2.45, 2.75) is 18.0 Å². The summed E-state index contributed by atoms with van der Waals surface area (Å²) in [6.07, 6.45) is 1.60. The normalized spacial score (nSPS) is 25.3. The van der Waals surface area contributed by atoms with Crippen molar-refractivity contribution in [3.63, 3.8) is 0 Å². The average molecular weight is 215 g/mol. The van der Waals surface area contributed by atoms with E-state index >= 15 is 0 Å². The molecule has 0 amide bonds. The summed E-state index contributed by atoms with van der Waals surface area (Å²) in [6, 6.07) is -0.702. The summed E-state index contributed by atoms with van der Waals surface area (Å²) >= 11 is 0. The molecule has 0 N–H and O–H groups in total. The minimum Gasteiger partial charge on any atom is -0.203 e. The number of hydrogen-bond donors (Lipinski definition) is 0. The highest BCUT2D eigenvalue weighted by Gasteiger charge is 2.53. The molecule has 1 aliphatic rings. The van der Waals surface area contributed by atoms with Crippen LogP contribution in [0.5, 0.6) is 0 Å². The highest BCUT2D eigenvalue weighted by atomic mass is 32.2. The summed E-state index contributed by atoms with van der Waals surface area (Å²) in [5, 5.41) is 0. The molecule has 0 saturated carbocycles. The van der Waals surface area contributed by atoms with Gasteiger partial charge in [0.2, 0.25) is 0 Å². The molecule has 1 saturated heterocycles. The zero-order valence-corrected chi connectivity index (χ0v) is 7.40. The van der Waals surface area contributed by atoms with Gasteiger partial charge >= 0.3 is 15.5 Å². The Hall–Kier alpha value is -0.560. The van der Waals surface area contributed by atoms with Crippen molar-refractivity contribution in [1.82, 2.24) is 4.31 Å². The average Bonchev–Trinajstić information content (AvgIpc) is 1.81. The lowest BCUT2D eigenvalue weighted by atomic mass is 10.1. The van der Waals surface area contributed by atoms with Gasteiger partial charge in [0, 0.05) is 12.6 Å². The minimum absolute atomic E-state index is 0.0848. The van der Waals surface area contributed by atoms with Crippen LogP contribution in [-0.4, -0.2) is 30.8 Å². The van der Waals surface area contributed by atoms with Crippen LogP contribution in [0, 0.1) is 0 Å². The topological polar surface area (TPSA) is 37.4 Å². The zero-order chi connectivity index (χ0) is 10.3. The van der Waals surface area contributed by atoms with Gasteiger partial charge < -0.3 is 0 Å². The van der Waals surface area contributed by atoms with E-state index in [-0.39, 0.29) is 6.54 Å². The summed E-state index contributed by atoms with van der Waals surface area (Å²) in [6.45, 7) is 3.17. The molecule has 0 radical (unpaired) electrons. The SMILES string of the molecule is C=CC1CCN1S(=O)(=O)C(F)(F)F. The van der Waals surface area contributed by atoms with Gasteiger partial charge in [-0.25, -0.2) is 8.42 Å². The van der Waals surface area contributed by atoms with E-state index in [4.69, 9.17) is 0 Å². The molecule has 7 heteroatoms. The predicted octanol–water partition coefficient (Wildman–Crippen LogP) is 1.10. The lowest BCUT2D eigenvalue weighted by Crippen LogP contribution is -2.54. The smallest absolute Gasteiger partial charge is 0.203 e. The molecule has 3 nitrogen and oxygen atoms in total. The molecule has 1 atom stereocenters. The van der Waals surface area contributed by atoms with Crippen molar-refractivity contribution < 1.29 is 21.6 Å². The van der Waals surface area contributed by atoms with Crippen LogP contribution >= 0.6 is 0 Å². The van der Waals surface area contributed by atoms with Gasteiger partial charge in [0.25, 0.3) is 0 Å². The standard InChI is InChI=1S/C6H8F3NO2S/c1-2-5-3-4-10(5)13(11,12)6(7,8)9/h2,5H,1,3-4H2. The molecule has 0 aromatic carbocycles. The summed E-state index contributed by atoms with van der Waals surface area (Å²) in [7, 11) is -5.14. The molecule has 1 fully saturated rings. The van der Waals surface area contributed by atoms with E-state index in [1.807, 2.05) is 0 Å². The van der Waals surface area contributed by atoms with Gasteiger partial charge in [0.05, 0.1) is 0 Å². The molecule has 1 unspecified atom stereocenters. The van der Waals surface area contributed by atoms with Crippen LogP contribution in [0.3, 0.4) is 0 Å². The Kier molecular flexibility index (Phi) is 2.42. The van der Waals surface area contributed by atoms with E-state index < -0.39 is 21.6 Å². The van der Waals surface area contributed by atoms with Gasteiger partial charge in [-0.1, -0.05) is 6.08 Å². The van der Waals surface area contributed by atoms with Gasteiger partial charge in [0.15, 0.2) is 0 Å². The van der Waals surface area contributed by atoms with Crippen LogP contribution in [0.2, 0.25) is 0 Å². The van der Waals surface area contributed by atoms with E-state index in [1.165, 1.54) is 6.08 Å². The Bertz CT molecular complexity index is 308. The second kappa shape index (κ2) is 2.98. The lowest BCUT2D eigenvalue weighted by molar-refractivity contribution is -0.0519. The first-order valence-electron chi connectivity index (χ1n) is 3.51. The molecule has 0 aromatic rings. The number of nitrogens with zero attached hydrogens (tertiary/aromatic N) is 1. The summed E-state index contributed by atoms with van der Waals surface area (Å²) < 4.78 is 57.8. The Morgan fingerprint density at radius 2 is 2.00 bits per heavy atom. The number of halogens is 3. The van der Waals surface area contributed by atoms with Crippen molar-refractivity contribution >= 4 is 10.0 Å². The highest BCUT2D eigenvalue weighted by Crippen LogP contribution is 2.33. The summed E-state index contributed by atoms with van der Waals surface area (Å²) in [5.41, 5.74) is -5.20. The third-order valence-corrected chi connectivity index (χ3v) is 3.54. The molecule has 1 heterocycles. The van der Waals surface area contributed by atoms with Crippen molar-refractivity contribution in [3.8, 4) is 0 Å². The Morgan fingerprint density at radius 1 is 1.46 bits per heavy atom. The second-order valence-corrected chi connectivity index (χ2v) is 4.54. The molecule has 0 aliphatic carbocycles. The molecule has 13 heavy (non-hydrogen) atoms. The van der Waals surface area contributed by atoms with Gasteiger partial charge in [-0.05, 0) is 6.42 Å².